The lowest BCUT2D eigenvalue weighted by Gasteiger charge is -2.14. The van der Waals surface area contributed by atoms with Gasteiger partial charge in [0.05, 0.1) is 5.75 Å². The van der Waals surface area contributed by atoms with Crippen molar-refractivity contribution in [3.63, 3.8) is 0 Å². The normalized spacial score (nSPS) is 19.8. The SMILES string of the molecule is O=S(=O)(CCCC(F)(F)F)NC1(CBr)CC1. The summed E-state index contributed by atoms with van der Waals surface area (Å²) in [6.45, 7) is 0. The van der Waals surface area contributed by atoms with Crippen LogP contribution in [0.4, 0.5) is 13.2 Å². The molecule has 0 atom stereocenters. The first-order valence-corrected chi connectivity index (χ1v) is 7.60. The average Bonchev–Trinajstić information content (AvgIpc) is 2.81. The third kappa shape index (κ3) is 5.01. The molecule has 1 aliphatic rings. The molecule has 0 aromatic carbocycles. The zero-order valence-electron chi connectivity index (χ0n) is 8.48. The van der Waals surface area contributed by atoms with E-state index >= 15 is 0 Å². The van der Waals surface area contributed by atoms with Gasteiger partial charge in [-0.3, -0.25) is 0 Å². The van der Waals surface area contributed by atoms with Gasteiger partial charge in [-0.25, -0.2) is 13.1 Å². The van der Waals surface area contributed by atoms with Gasteiger partial charge in [-0.2, -0.15) is 13.2 Å². The van der Waals surface area contributed by atoms with E-state index < -0.39 is 40.3 Å². The summed E-state index contributed by atoms with van der Waals surface area (Å²) in [5, 5.41) is 0.499. The molecule has 0 amide bonds. The maximum absolute atomic E-state index is 11.8. The molecule has 0 spiro atoms. The first-order valence-electron chi connectivity index (χ1n) is 4.82. The molecule has 1 fully saturated rings. The summed E-state index contributed by atoms with van der Waals surface area (Å²) in [5.41, 5.74) is -0.447. The van der Waals surface area contributed by atoms with Crippen molar-refractivity contribution >= 4 is 26.0 Å². The van der Waals surface area contributed by atoms with Gasteiger partial charge in [-0.15, -0.1) is 0 Å². The van der Waals surface area contributed by atoms with Crippen LogP contribution in [0.1, 0.15) is 25.7 Å². The maximum Gasteiger partial charge on any atom is 0.389 e. The molecule has 0 radical (unpaired) electrons. The Morgan fingerprint density at radius 1 is 1.31 bits per heavy atom. The molecule has 0 heterocycles. The Morgan fingerprint density at radius 3 is 2.25 bits per heavy atom. The molecule has 3 nitrogen and oxygen atoms in total. The van der Waals surface area contributed by atoms with E-state index in [4.69, 9.17) is 0 Å². The number of hydrogen-bond donors (Lipinski definition) is 1. The molecule has 1 aliphatic carbocycles. The van der Waals surface area contributed by atoms with Crippen LogP contribution in [0.2, 0.25) is 0 Å². The Kier molecular flexibility index (Phi) is 4.29. The lowest BCUT2D eigenvalue weighted by molar-refractivity contribution is -0.134. The van der Waals surface area contributed by atoms with E-state index in [1.54, 1.807) is 0 Å². The topological polar surface area (TPSA) is 46.2 Å². The largest absolute Gasteiger partial charge is 0.389 e. The third-order valence-corrected chi connectivity index (χ3v) is 5.00. The lowest BCUT2D eigenvalue weighted by atomic mass is 10.3. The van der Waals surface area contributed by atoms with Crippen LogP contribution in [0.15, 0.2) is 0 Å². The van der Waals surface area contributed by atoms with Crippen molar-refractivity contribution in [3.05, 3.63) is 0 Å². The summed E-state index contributed by atoms with van der Waals surface area (Å²) in [6.07, 6.45) is -4.28. The van der Waals surface area contributed by atoms with Gasteiger partial charge in [0.2, 0.25) is 10.0 Å². The highest BCUT2D eigenvalue weighted by Gasteiger charge is 2.44. The second-order valence-corrected chi connectivity index (χ2v) is 6.46. The van der Waals surface area contributed by atoms with E-state index in [9.17, 15) is 21.6 Å². The van der Waals surface area contributed by atoms with Gasteiger partial charge in [0, 0.05) is 17.3 Å². The molecular formula is C8H13BrF3NO2S. The second-order valence-electron chi connectivity index (χ2n) is 4.05. The number of alkyl halides is 4. The molecule has 0 aliphatic heterocycles. The fourth-order valence-corrected chi connectivity index (χ4v) is 3.71. The monoisotopic (exact) mass is 323 g/mol. The van der Waals surface area contributed by atoms with Crippen molar-refractivity contribution in [1.82, 2.24) is 4.72 Å². The summed E-state index contributed by atoms with van der Waals surface area (Å²) in [5.74, 6) is -0.471. The fraction of sp³-hybridized carbons (Fsp3) is 1.00. The zero-order chi connectivity index (χ0) is 12.4. The maximum atomic E-state index is 11.8. The van der Waals surface area contributed by atoms with Crippen molar-refractivity contribution < 1.29 is 21.6 Å². The fourth-order valence-electron chi connectivity index (χ4n) is 1.26. The molecule has 0 bridgehead atoms. The van der Waals surface area contributed by atoms with E-state index in [1.165, 1.54) is 0 Å². The zero-order valence-corrected chi connectivity index (χ0v) is 10.9. The molecular weight excluding hydrogens is 311 g/mol. The molecule has 8 heteroatoms. The van der Waals surface area contributed by atoms with Gasteiger partial charge in [-0.05, 0) is 19.3 Å². The summed E-state index contributed by atoms with van der Waals surface area (Å²) in [4.78, 5) is 0. The molecule has 96 valence electrons. The molecule has 1 N–H and O–H groups in total. The van der Waals surface area contributed by atoms with Crippen molar-refractivity contribution in [2.75, 3.05) is 11.1 Å². The van der Waals surface area contributed by atoms with Crippen molar-refractivity contribution in [2.45, 2.75) is 37.4 Å². The average molecular weight is 324 g/mol. The minimum Gasteiger partial charge on any atom is -0.212 e. The Bertz CT molecular complexity index is 338. The Hall–Kier alpha value is 0.180. The standard InChI is InChI=1S/C8H13BrF3NO2S/c9-6-7(3-4-7)13-16(14,15)5-1-2-8(10,11)12/h13H,1-6H2. The van der Waals surface area contributed by atoms with Crippen LogP contribution < -0.4 is 4.72 Å². The highest BCUT2D eigenvalue weighted by Crippen LogP contribution is 2.37. The van der Waals surface area contributed by atoms with Crippen molar-refractivity contribution in [1.29, 1.82) is 0 Å². The Morgan fingerprint density at radius 2 is 1.88 bits per heavy atom. The summed E-state index contributed by atoms with van der Waals surface area (Å²) in [6, 6.07) is 0. The molecule has 0 saturated heterocycles. The minimum atomic E-state index is -4.29. The van der Waals surface area contributed by atoms with Gasteiger partial charge in [0.25, 0.3) is 0 Å². The molecule has 0 aromatic rings. The van der Waals surface area contributed by atoms with E-state index in [0.29, 0.717) is 5.33 Å². The number of sulfonamides is 1. The molecule has 0 unspecified atom stereocenters. The van der Waals surface area contributed by atoms with Crippen molar-refractivity contribution in [3.8, 4) is 0 Å². The quantitative estimate of drug-likeness (QED) is 0.761. The third-order valence-electron chi connectivity index (χ3n) is 2.35. The van der Waals surface area contributed by atoms with E-state index in [2.05, 4.69) is 20.7 Å². The van der Waals surface area contributed by atoms with Crippen LogP contribution in [0.5, 0.6) is 0 Å². The Labute approximate surface area is 101 Å². The molecule has 0 aromatic heterocycles. The van der Waals surface area contributed by atoms with Crippen LogP contribution in [-0.4, -0.2) is 31.2 Å². The molecule has 1 rings (SSSR count). The second kappa shape index (κ2) is 4.81. The summed E-state index contributed by atoms with van der Waals surface area (Å²) >= 11 is 3.18. The number of rotatable bonds is 6. The highest BCUT2D eigenvalue weighted by atomic mass is 79.9. The molecule has 1 saturated carbocycles. The van der Waals surface area contributed by atoms with Gasteiger partial charge < -0.3 is 0 Å². The summed E-state index contributed by atoms with van der Waals surface area (Å²) < 4.78 is 60.8. The predicted molar refractivity (Wildman–Crippen MR) is 58.0 cm³/mol. The Balaban J connectivity index is 2.35. The number of nitrogens with one attached hydrogen (secondary N) is 1. The van der Waals surface area contributed by atoms with Crippen LogP contribution in [0.25, 0.3) is 0 Å². The predicted octanol–water partition coefficient (Wildman–Crippen LogP) is 2.18. The summed E-state index contributed by atoms with van der Waals surface area (Å²) in [7, 11) is -3.59. The van der Waals surface area contributed by atoms with Crippen LogP contribution in [0.3, 0.4) is 0 Å². The minimum absolute atomic E-state index is 0.392. The smallest absolute Gasteiger partial charge is 0.212 e. The van der Waals surface area contributed by atoms with Crippen LogP contribution in [-0.2, 0) is 10.0 Å². The first kappa shape index (κ1) is 14.2. The first-order chi connectivity index (χ1) is 7.18. The van der Waals surface area contributed by atoms with Crippen LogP contribution in [0, 0.1) is 0 Å². The number of hydrogen-bond acceptors (Lipinski definition) is 2. The van der Waals surface area contributed by atoms with Crippen molar-refractivity contribution in [2.24, 2.45) is 0 Å². The van der Waals surface area contributed by atoms with E-state index in [-0.39, 0.29) is 0 Å². The van der Waals surface area contributed by atoms with Gasteiger partial charge in [0.15, 0.2) is 0 Å². The van der Waals surface area contributed by atoms with E-state index in [1.807, 2.05) is 0 Å². The van der Waals surface area contributed by atoms with Gasteiger partial charge in [-0.1, -0.05) is 15.9 Å². The van der Waals surface area contributed by atoms with Gasteiger partial charge in [0.1, 0.15) is 0 Å². The van der Waals surface area contributed by atoms with E-state index in [0.717, 1.165) is 12.8 Å². The highest BCUT2D eigenvalue weighted by molar-refractivity contribution is 9.09. The van der Waals surface area contributed by atoms with Gasteiger partial charge >= 0.3 is 6.18 Å². The van der Waals surface area contributed by atoms with Crippen LogP contribution >= 0.6 is 15.9 Å². The lowest BCUT2D eigenvalue weighted by Crippen LogP contribution is -2.39. The number of halogens is 4. The molecule has 16 heavy (non-hydrogen) atoms.